The molecule has 1 aromatic heterocycles. The van der Waals surface area contributed by atoms with Crippen molar-refractivity contribution < 1.29 is 22.4 Å². The predicted octanol–water partition coefficient (Wildman–Crippen LogP) is 4.88. The summed E-state index contributed by atoms with van der Waals surface area (Å²) in [6.45, 7) is 1.49. The molecule has 0 radical (unpaired) electrons. The second-order valence-electron chi connectivity index (χ2n) is 5.48. The van der Waals surface area contributed by atoms with Crippen LogP contribution in [0.2, 0.25) is 0 Å². The molecule has 0 unspecified atom stereocenters. The number of hydrogen-bond acceptors (Lipinski definition) is 1. The second-order valence-corrected chi connectivity index (χ2v) is 5.48. The summed E-state index contributed by atoms with van der Waals surface area (Å²) in [5, 5.41) is 0.216. The molecule has 3 rings (SSSR count). The minimum atomic E-state index is -4.96. The van der Waals surface area contributed by atoms with Crippen molar-refractivity contribution in [1.82, 2.24) is 4.57 Å². The SMILES string of the molecule is Cc1c(C(=O)C(F)(F)F)c2ccccc2n1Cc1ccccc1F. The molecule has 2 aromatic carbocycles. The van der Waals surface area contributed by atoms with E-state index in [0.29, 0.717) is 11.1 Å². The molecule has 0 spiro atoms. The molecule has 0 saturated heterocycles. The van der Waals surface area contributed by atoms with Crippen LogP contribution in [0.5, 0.6) is 0 Å². The van der Waals surface area contributed by atoms with Crippen molar-refractivity contribution in [1.29, 1.82) is 0 Å². The lowest BCUT2D eigenvalue weighted by Gasteiger charge is -2.10. The first-order valence-corrected chi connectivity index (χ1v) is 7.23. The van der Waals surface area contributed by atoms with Crippen molar-refractivity contribution in [3.63, 3.8) is 0 Å². The number of hydrogen-bond donors (Lipinski definition) is 0. The Kier molecular flexibility index (Phi) is 3.91. The smallest absolute Gasteiger partial charge is 0.340 e. The van der Waals surface area contributed by atoms with E-state index in [0.717, 1.165) is 0 Å². The van der Waals surface area contributed by atoms with Gasteiger partial charge in [-0.25, -0.2) is 4.39 Å². The normalized spacial score (nSPS) is 11.9. The van der Waals surface area contributed by atoms with Crippen LogP contribution in [0.3, 0.4) is 0 Å². The van der Waals surface area contributed by atoms with Crippen molar-refractivity contribution in [3.8, 4) is 0 Å². The number of nitrogens with zero attached hydrogens (tertiary/aromatic N) is 1. The molecule has 24 heavy (non-hydrogen) atoms. The van der Waals surface area contributed by atoms with E-state index in [1.54, 1.807) is 30.3 Å². The molecule has 0 saturated carbocycles. The molecule has 0 amide bonds. The van der Waals surface area contributed by atoms with Crippen molar-refractivity contribution in [3.05, 3.63) is 71.2 Å². The second kappa shape index (κ2) is 5.78. The topological polar surface area (TPSA) is 22.0 Å². The number of ketones is 1. The first-order chi connectivity index (χ1) is 11.3. The van der Waals surface area contributed by atoms with Gasteiger partial charge in [-0.05, 0) is 19.1 Å². The summed E-state index contributed by atoms with van der Waals surface area (Å²) in [4.78, 5) is 11.8. The number of halogens is 4. The Hall–Kier alpha value is -2.63. The van der Waals surface area contributed by atoms with Gasteiger partial charge in [0.2, 0.25) is 0 Å². The highest BCUT2D eigenvalue weighted by molar-refractivity contribution is 6.12. The van der Waals surface area contributed by atoms with E-state index >= 15 is 0 Å². The average molecular weight is 335 g/mol. The van der Waals surface area contributed by atoms with Crippen LogP contribution < -0.4 is 0 Å². The fraction of sp³-hybridized carbons (Fsp3) is 0.167. The van der Waals surface area contributed by atoms with Gasteiger partial charge in [-0.3, -0.25) is 4.79 Å². The molecule has 0 atom stereocenters. The Morgan fingerprint density at radius 2 is 1.67 bits per heavy atom. The fourth-order valence-corrected chi connectivity index (χ4v) is 2.86. The highest BCUT2D eigenvalue weighted by atomic mass is 19.4. The number of aromatic nitrogens is 1. The van der Waals surface area contributed by atoms with Gasteiger partial charge in [0.25, 0.3) is 5.78 Å². The first kappa shape index (κ1) is 16.2. The van der Waals surface area contributed by atoms with Gasteiger partial charge in [0.15, 0.2) is 0 Å². The summed E-state index contributed by atoms with van der Waals surface area (Å²) in [6, 6.07) is 12.4. The van der Waals surface area contributed by atoms with Crippen LogP contribution in [0.25, 0.3) is 10.9 Å². The monoisotopic (exact) mass is 335 g/mol. The minimum absolute atomic E-state index is 0.0458. The number of rotatable bonds is 3. The van der Waals surface area contributed by atoms with Crippen molar-refractivity contribution >= 4 is 16.7 Å². The van der Waals surface area contributed by atoms with E-state index in [1.807, 2.05) is 0 Å². The van der Waals surface area contributed by atoms with Crippen molar-refractivity contribution in [2.24, 2.45) is 0 Å². The number of carbonyl (C=O) groups is 1. The highest BCUT2D eigenvalue weighted by Gasteiger charge is 2.42. The molecule has 0 fully saturated rings. The molecular weight excluding hydrogens is 322 g/mol. The lowest BCUT2D eigenvalue weighted by molar-refractivity contribution is -0.0884. The Labute approximate surface area is 135 Å². The Morgan fingerprint density at radius 3 is 2.33 bits per heavy atom. The van der Waals surface area contributed by atoms with Gasteiger partial charge in [-0.2, -0.15) is 13.2 Å². The zero-order chi connectivity index (χ0) is 17.5. The lowest BCUT2D eigenvalue weighted by Crippen LogP contribution is -2.23. The summed E-state index contributed by atoms with van der Waals surface area (Å²) < 4.78 is 54.2. The Balaban J connectivity index is 2.21. The molecule has 0 bridgehead atoms. The van der Waals surface area contributed by atoms with E-state index in [1.165, 1.54) is 29.7 Å². The zero-order valence-corrected chi connectivity index (χ0v) is 12.7. The number of Topliss-reactive ketones (excluding diaryl/α,β-unsaturated/α-hetero) is 1. The quantitative estimate of drug-likeness (QED) is 0.494. The molecule has 1 heterocycles. The standard InChI is InChI=1S/C18H13F4NO/c1-11-16(17(24)18(20,21)22)13-7-3-5-9-15(13)23(11)10-12-6-2-4-8-14(12)19/h2-9H,10H2,1H3. The van der Waals surface area contributed by atoms with Gasteiger partial charge in [0.1, 0.15) is 5.82 Å². The van der Waals surface area contributed by atoms with Crippen LogP contribution in [0.4, 0.5) is 17.6 Å². The van der Waals surface area contributed by atoms with Crippen LogP contribution in [-0.4, -0.2) is 16.5 Å². The number of carbonyl (C=O) groups excluding carboxylic acids is 1. The van der Waals surface area contributed by atoms with Crippen molar-refractivity contribution in [2.75, 3.05) is 0 Å². The summed E-state index contributed by atoms with van der Waals surface area (Å²) in [5.41, 5.74) is 0.592. The molecule has 2 nitrogen and oxygen atoms in total. The summed E-state index contributed by atoms with van der Waals surface area (Å²) >= 11 is 0. The van der Waals surface area contributed by atoms with Gasteiger partial charge in [-0.15, -0.1) is 0 Å². The first-order valence-electron chi connectivity index (χ1n) is 7.23. The fourth-order valence-electron chi connectivity index (χ4n) is 2.86. The van der Waals surface area contributed by atoms with Gasteiger partial charge < -0.3 is 4.57 Å². The van der Waals surface area contributed by atoms with Crippen LogP contribution in [-0.2, 0) is 6.54 Å². The molecule has 0 aliphatic rings. The molecule has 3 aromatic rings. The molecule has 6 heteroatoms. The van der Waals surface area contributed by atoms with E-state index in [9.17, 15) is 22.4 Å². The third-order valence-electron chi connectivity index (χ3n) is 4.00. The molecule has 124 valence electrons. The maximum absolute atomic E-state index is 13.9. The summed E-state index contributed by atoms with van der Waals surface area (Å²) in [5.74, 6) is -2.33. The van der Waals surface area contributed by atoms with Gasteiger partial charge in [0, 0.05) is 22.2 Å². The van der Waals surface area contributed by atoms with Gasteiger partial charge in [-0.1, -0.05) is 36.4 Å². The molecule has 0 aliphatic heterocycles. The maximum Gasteiger partial charge on any atom is 0.454 e. The maximum atomic E-state index is 13.9. The molecule has 0 N–H and O–H groups in total. The van der Waals surface area contributed by atoms with Crippen LogP contribution in [0, 0.1) is 12.7 Å². The van der Waals surface area contributed by atoms with Gasteiger partial charge in [0.05, 0.1) is 12.1 Å². The van der Waals surface area contributed by atoms with Crippen LogP contribution in [0.15, 0.2) is 48.5 Å². The molecule has 0 aliphatic carbocycles. The average Bonchev–Trinajstić information content (AvgIpc) is 2.80. The number of para-hydroxylation sites is 1. The van der Waals surface area contributed by atoms with Gasteiger partial charge >= 0.3 is 6.18 Å². The number of benzene rings is 2. The number of alkyl halides is 3. The lowest BCUT2D eigenvalue weighted by atomic mass is 10.1. The van der Waals surface area contributed by atoms with Crippen LogP contribution in [0.1, 0.15) is 21.6 Å². The number of fused-ring (bicyclic) bond motifs is 1. The van der Waals surface area contributed by atoms with E-state index in [4.69, 9.17) is 0 Å². The highest BCUT2D eigenvalue weighted by Crippen LogP contribution is 2.32. The zero-order valence-electron chi connectivity index (χ0n) is 12.7. The third-order valence-corrected chi connectivity index (χ3v) is 4.00. The summed E-state index contributed by atoms with van der Waals surface area (Å²) in [6.07, 6.45) is -4.96. The Morgan fingerprint density at radius 1 is 1.04 bits per heavy atom. The minimum Gasteiger partial charge on any atom is -0.340 e. The predicted molar refractivity (Wildman–Crippen MR) is 82.6 cm³/mol. The largest absolute Gasteiger partial charge is 0.454 e. The third kappa shape index (κ3) is 2.68. The van der Waals surface area contributed by atoms with E-state index < -0.39 is 17.8 Å². The van der Waals surface area contributed by atoms with Crippen LogP contribution >= 0.6 is 0 Å². The van der Waals surface area contributed by atoms with Crippen molar-refractivity contribution in [2.45, 2.75) is 19.6 Å². The van der Waals surface area contributed by atoms with E-state index in [2.05, 4.69) is 0 Å². The molecular formula is C18H13F4NO. The van der Waals surface area contributed by atoms with E-state index in [-0.39, 0.29) is 23.2 Å². The summed E-state index contributed by atoms with van der Waals surface area (Å²) in [7, 11) is 0. The Bertz CT molecular complexity index is 924.